The van der Waals surface area contributed by atoms with Gasteiger partial charge in [-0.25, -0.2) is 0 Å². The molecule has 1 aliphatic heterocycles. The molecule has 1 saturated heterocycles. The van der Waals surface area contributed by atoms with Crippen LogP contribution in [0.25, 0.3) is 0 Å². The highest BCUT2D eigenvalue weighted by molar-refractivity contribution is 6.05. The molecule has 0 bridgehead atoms. The first-order chi connectivity index (χ1) is 12.5. The third-order valence-corrected chi connectivity index (χ3v) is 4.29. The van der Waals surface area contributed by atoms with Gasteiger partial charge in [-0.05, 0) is 63.1 Å². The molecule has 2 aromatic carbocycles. The Kier molecular flexibility index (Phi) is 5.56. The molecule has 0 spiro atoms. The number of anilines is 1. The van der Waals surface area contributed by atoms with Crippen molar-refractivity contribution in [2.75, 3.05) is 18.4 Å². The van der Waals surface area contributed by atoms with Gasteiger partial charge in [0.15, 0.2) is 0 Å². The molecule has 1 heterocycles. The molecule has 2 aromatic rings. The van der Waals surface area contributed by atoms with Crippen molar-refractivity contribution in [3.63, 3.8) is 0 Å². The van der Waals surface area contributed by atoms with E-state index in [2.05, 4.69) is 5.32 Å². The van der Waals surface area contributed by atoms with Crippen molar-refractivity contribution in [1.82, 2.24) is 4.90 Å². The number of amides is 2. The molecule has 2 amide bonds. The Morgan fingerprint density at radius 2 is 1.58 bits per heavy atom. The van der Waals surface area contributed by atoms with E-state index < -0.39 is 0 Å². The smallest absolute Gasteiger partial charge is 0.255 e. The molecule has 136 valence electrons. The zero-order valence-electron chi connectivity index (χ0n) is 15.2. The number of ether oxygens (including phenoxy) is 1. The van der Waals surface area contributed by atoms with E-state index in [4.69, 9.17) is 4.74 Å². The lowest BCUT2D eigenvalue weighted by Crippen LogP contribution is -2.27. The maximum atomic E-state index is 12.5. The summed E-state index contributed by atoms with van der Waals surface area (Å²) >= 11 is 0. The zero-order chi connectivity index (χ0) is 18.5. The van der Waals surface area contributed by atoms with Gasteiger partial charge >= 0.3 is 0 Å². The molecule has 0 aliphatic carbocycles. The molecule has 0 saturated carbocycles. The van der Waals surface area contributed by atoms with Crippen LogP contribution in [-0.4, -0.2) is 35.9 Å². The van der Waals surface area contributed by atoms with Gasteiger partial charge in [0.2, 0.25) is 0 Å². The molecule has 5 heteroatoms. The lowest BCUT2D eigenvalue weighted by atomic mass is 10.1. The van der Waals surface area contributed by atoms with E-state index in [0.29, 0.717) is 22.6 Å². The average Bonchev–Trinajstić information content (AvgIpc) is 3.17. The van der Waals surface area contributed by atoms with E-state index in [1.807, 2.05) is 36.9 Å². The van der Waals surface area contributed by atoms with Gasteiger partial charge in [0.05, 0.1) is 11.8 Å². The number of benzene rings is 2. The number of nitrogens with zero attached hydrogens (tertiary/aromatic N) is 1. The van der Waals surface area contributed by atoms with E-state index in [9.17, 15) is 9.59 Å². The van der Waals surface area contributed by atoms with Crippen molar-refractivity contribution in [2.45, 2.75) is 32.8 Å². The quantitative estimate of drug-likeness (QED) is 0.886. The molecule has 0 unspecified atom stereocenters. The van der Waals surface area contributed by atoms with Crippen LogP contribution in [-0.2, 0) is 0 Å². The molecule has 26 heavy (non-hydrogen) atoms. The average molecular weight is 352 g/mol. The van der Waals surface area contributed by atoms with Crippen molar-refractivity contribution >= 4 is 17.5 Å². The second-order valence-electron chi connectivity index (χ2n) is 6.69. The largest absolute Gasteiger partial charge is 0.489 e. The molecule has 0 atom stereocenters. The van der Waals surface area contributed by atoms with E-state index in [-0.39, 0.29) is 17.9 Å². The van der Waals surface area contributed by atoms with Gasteiger partial charge in [0, 0.05) is 24.2 Å². The third-order valence-electron chi connectivity index (χ3n) is 4.29. The van der Waals surface area contributed by atoms with E-state index in [1.165, 1.54) is 0 Å². The predicted molar refractivity (Wildman–Crippen MR) is 102 cm³/mol. The topological polar surface area (TPSA) is 58.6 Å². The first-order valence-corrected chi connectivity index (χ1v) is 9.01. The molecule has 1 N–H and O–H groups in total. The van der Waals surface area contributed by atoms with Crippen LogP contribution >= 0.6 is 0 Å². The standard InChI is InChI=1S/C21H24N2O3/c1-15(2)26-19-8-4-3-7-18(19)22-20(24)16-9-11-17(12-10-16)21(25)23-13-5-6-14-23/h3-4,7-12,15H,5-6,13-14H2,1-2H3,(H,22,24). The Bertz CT molecular complexity index is 778. The molecule has 0 aromatic heterocycles. The van der Waals surface area contributed by atoms with Crippen LogP contribution in [0.15, 0.2) is 48.5 Å². The predicted octanol–water partition coefficient (Wildman–Crippen LogP) is 3.96. The Labute approximate surface area is 154 Å². The van der Waals surface area contributed by atoms with E-state index in [0.717, 1.165) is 25.9 Å². The summed E-state index contributed by atoms with van der Waals surface area (Å²) in [5.41, 5.74) is 1.75. The highest BCUT2D eigenvalue weighted by atomic mass is 16.5. The van der Waals surface area contributed by atoms with Crippen LogP contribution in [0, 0.1) is 0 Å². The van der Waals surface area contributed by atoms with Crippen LogP contribution < -0.4 is 10.1 Å². The number of nitrogens with one attached hydrogen (secondary N) is 1. The molecule has 1 fully saturated rings. The fraction of sp³-hybridized carbons (Fsp3) is 0.333. The van der Waals surface area contributed by atoms with Crippen LogP contribution in [0.2, 0.25) is 0 Å². The molecule has 0 radical (unpaired) electrons. The lowest BCUT2D eigenvalue weighted by molar-refractivity contribution is 0.0792. The summed E-state index contributed by atoms with van der Waals surface area (Å²) in [5, 5.41) is 2.88. The monoisotopic (exact) mass is 352 g/mol. The summed E-state index contributed by atoms with van der Waals surface area (Å²) in [5.74, 6) is 0.437. The summed E-state index contributed by atoms with van der Waals surface area (Å²) in [6, 6.07) is 14.1. The molecule has 5 nitrogen and oxygen atoms in total. The molecule has 1 aliphatic rings. The van der Waals surface area contributed by atoms with Gasteiger partial charge in [0.1, 0.15) is 5.75 Å². The van der Waals surface area contributed by atoms with Gasteiger partial charge in [-0.1, -0.05) is 12.1 Å². The summed E-state index contributed by atoms with van der Waals surface area (Å²) in [6.45, 7) is 5.50. The highest BCUT2D eigenvalue weighted by Gasteiger charge is 2.19. The van der Waals surface area contributed by atoms with Crippen molar-refractivity contribution in [2.24, 2.45) is 0 Å². The highest BCUT2D eigenvalue weighted by Crippen LogP contribution is 2.25. The summed E-state index contributed by atoms with van der Waals surface area (Å²) in [4.78, 5) is 26.8. The molecule has 3 rings (SSSR count). The van der Waals surface area contributed by atoms with Crippen LogP contribution in [0.3, 0.4) is 0 Å². The van der Waals surface area contributed by atoms with Crippen LogP contribution in [0.1, 0.15) is 47.4 Å². The Balaban J connectivity index is 1.70. The minimum absolute atomic E-state index is 0.0175. The lowest BCUT2D eigenvalue weighted by Gasteiger charge is -2.16. The van der Waals surface area contributed by atoms with Crippen LogP contribution in [0.5, 0.6) is 5.75 Å². The Morgan fingerprint density at radius 1 is 0.962 bits per heavy atom. The minimum Gasteiger partial charge on any atom is -0.489 e. The van der Waals surface area contributed by atoms with Crippen LogP contribution in [0.4, 0.5) is 5.69 Å². The summed E-state index contributed by atoms with van der Waals surface area (Å²) in [6.07, 6.45) is 2.14. The number of hydrogen-bond acceptors (Lipinski definition) is 3. The number of hydrogen-bond donors (Lipinski definition) is 1. The van der Waals surface area contributed by atoms with Crippen molar-refractivity contribution in [1.29, 1.82) is 0 Å². The number of rotatable bonds is 5. The maximum Gasteiger partial charge on any atom is 0.255 e. The maximum absolute atomic E-state index is 12.5. The van der Waals surface area contributed by atoms with E-state index in [1.54, 1.807) is 30.3 Å². The first-order valence-electron chi connectivity index (χ1n) is 9.01. The molecular weight excluding hydrogens is 328 g/mol. The fourth-order valence-electron chi connectivity index (χ4n) is 2.99. The second-order valence-corrected chi connectivity index (χ2v) is 6.69. The number of carbonyl (C=O) groups is 2. The SMILES string of the molecule is CC(C)Oc1ccccc1NC(=O)c1ccc(C(=O)N2CCCC2)cc1. The third kappa shape index (κ3) is 4.23. The summed E-state index contributed by atoms with van der Waals surface area (Å²) in [7, 11) is 0. The number of carbonyl (C=O) groups excluding carboxylic acids is 2. The zero-order valence-corrected chi connectivity index (χ0v) is 15.2. The van der Waals surface area contributed by atoms with E-state index >= 15 is 0 Å². The Hall–Kier alpha value is -2.82. The number of likely N-dealkylation sites (tertiary alicyclic amines) is 1. The Morgan fingerprint density at radius 3 is 2.23 bits per heavy atom. The van der Waals surface area contributed by atoms with Gasteiger partial charge in [-0.15, -0.1) is 0 Å². The van der Waals surface area contributed by atoms with Crippen molar-refractivity contribution in [3.05, 3.63) is 59.7 Å². The van der Waals surface area contributed by atoms with Gasteiger partial charge in [-0.3, -0.25) is 9.59 Å². The second kappa shape index (κ2) is 8.04. The summed E-state index contributed by atoms with van der Waals surface area (Å²) < 4.78 is 5.72. The fourth-order valence-corrected chi connectivity index (χ4v) is 2.99. The normalized spacial score (nSPS) is 13.7. The van der Waals surface area contributed by atoms with Crippen molar-refractivity contribution in [3.8, 4) is 5.75 Å². The number of para-hydroxylation sites is 2. The van der Waals surface area contributed by atoms with Gasteiger partial charge < -0.3 is 15.0 Å². The van der Waals surface area contributed by atoms with Gasteiger partial charge in [-0.2, -0.15) is 0 Å². The minimum atomic E-state index is -0.232. The van der Waals surface area contributed by atoms with Gasteiger partial charge in [0.25, 0.3) is 11.8 Å². The van der Waals surface area contributed by atoms with Crippen molar-refractivity contribution < 1.29 is 14.3 Å². The first kappa shape index (κ1) is 18.0. The molecular formula is C21H24N2O3.